The molecule has 19 heteroatoms. The Balaban J connectivity index is 0.000000240. The van der Waals surface area contributed by atoms with Crippen molar-refractivity contribution in [3.63, 3.8) is 0 Å². The van der Waals surface area contributed by atoms with E-state index in [4.69, 9.17) is 20.9 Å². The topological polar surface area (TPSA) is 179 Å². The van der Waals surface area contributed by atoms with E-state index >= 15 is 0 Å². The highest BCUT2D eigenvalue weighted by molar-refractivity contribution is 5.85. The van der Waals surface area contributed by atoms with Gasteiger partial charge in [0.1, 0.15) is 23.8 Å². The van der Waals surface area contributed by atoms with E-state index in [2.05, 4.69) is 72.8 Å². The van der Waals surface area contributed by atoms with Crippen molar-refractivity contribution in [2.24, 2.45) is 47.0 Å². The molecule has 6 unspecified atom stereocenters. The standard InChI is InChI=1S/C23H34F3N3O2.C17H32N2O2.C12H16F3N3.ClH/c1-14(2)17-9-7-15(3)12-18(17)31-21(30)28-19-6-5-11-22(19,4)29-20-10-8-16(13-27-20)23(24,25)26;1-11(2)13-8-7-12(3)10-14(13)21-16(20)19-15-6-5-9-17(15,4)18;1-11(6-2-3-9(11)16)18-10-5-4-8(7-17-10)12(13,14)15;/h8,10,13-15,17-19H,5-7,9,11-12H2,1-4H3,(H,27,29)(H,28,30);11-15H,5-10,18H2,1-4H3,(H,19,20);4-5,7,9H,2-3,6,16H2,1H3,(H,17,18);1H/t15-,17+,18-,19?,22?;12-,13+,14-,15?,17?;;/m11../s1. The zero-order valence-electron chi connectivity index (χ0n) is 43.3. The van der Waals surface area contributed by atoms with Crippen LogP contribution in [-0.2, 0) is 21.8 Å². The Labute approximate surface area is 424 Å². The lowest BCUT2D eigenvalue weighted by Crippen LogP contribution is -2.53. The summed E-state index contributed by atoms with van der Waals surface area (Å²) in [5.41, 5.74) is 9.60. The summed E-state index contributed by atoms with van der Waals surface area (Å²) in [4.78, 5) is 32.7. The molecular formula is C52H83ClF6N8O4. The van der Waals surface area contributed by atoms with Gasteiger partial charge < -0.3 is 42.2 Å². The molecular weight excluding hydrogens is 950 g/mol. The van der Waals surface area contributed by atoms with Crippen LogP contribution in [0, 0.1) is 35.5 Å². The van der Waals surface area contributed by atoms with Crippen LogP contribution < -0.4 is 32.7 Å². The van der Waals surface area contributed by atoms with Crippen molar-refractivity contribution in [3.05, 3.63) is 47.8 Å². The molecule has 5 saturated carbocycles. The molecule has 12 atom stereocenters. The molecule has 0 aliphatic heterocycles. The molecule has 2 aromatic rings. The summed E-state index contributed by atoms with van der Waals surface area (Å²) in [6.07, 6.45) is 6.97. The van der Waals surface area contributed by atoms with E-state index in [0.717, 1.165) is 114 Å². The minimum Gasteiger partial charge on any atom is -0.446 e. The maximum atomic E-state index is 12.8. The van der Waals surface area contributed by atoms with Crippen molar-refractivity contribution in [2.75, 3.05) is 10.6 Å². The number of halogens is 7. The van der Waals surface area contributed by atoms with Gasteiger partial charge in [0, 0.05) is 30.0 Å². The van der Waals surface area contributed by atoms with Crippen molar-refractivity contribution in [1.29, 1.82) is 0 Å². The minimum atomic E-state index is -4.42. The van der Waals surface area contributed by atoms with Crippen LogP contribution in [0.1, 0.15) is 170 Å². The fraction of sp³-hybridized carbons (Fsp3) is 0.769. The van der Waals surface area contributed by atoms with Crippen LogP contribution in [0.3, 0.4) is 0 Å². The number of carbonyl (C=O) groups is 2. The number of hydrogen-bond acceptors (Lipinski definition) is 10. The van der Waals surface area contributed by atoms with Gasteiger partial charge in [-0.05, 0) is 164 Å². The van der Waals surface area contributed by atoms with Crippen molar-refractivity contribution < 1.29 is 45.4 Å². The van der Waals surface area contributed by atoms with E-state index in [9.17, 15) is 35.9 Å². The Morgan fingerprint density at radius 3 is 1.42 bits per heavy atom. The lowest BCUT2D eigenvalue weighted by Gasteiger charge is -2.38. The van der Waals surface area contributed by atoms with Crippen molar-refractivity contribution in [3.8, 4) is 0 Å². The number of anilines is 2. The van der Waals surface area contributed by atoms with E-state index in [1.165, 1.54) is 18.6 Å². The molecule has 0 radical (unpaired) electrons. The lowest BCUT2D eigenvalue weighted by molar-refractivity contribution is -0.138. The summed E-state index contributed by atoms with van der Waals surface area (Å²) in [7, 11) is 0. The largest absolute Gasteiger partial charge is 0.446 e. The number of pyridine rings is 2. The second kappa shape index (κ2) is 25.0. The third-order valence-corrected chi connectivity index (χ3v) is 16.0. The Morgan fingerprint density at radius 1 is 0.634 bits per heavy atom. The highest BCUT2D eigenvalue weighted by Gasteiger charge is 2.43. The highest BCUT2D eigenvalue weighted by Crippen LogP contribution is 2.39. The Bertz CT molecular complexity index is 1980. The summed E-state index contributed by atoms with van der Waals surface area (Å²) < 4.78 is 87.1. The maximum absolute atomic E-state index is 12.8. The molecule has 0 aromatic carbocycles. The zero-order chi connectivity index (χ0) is 51.8. The molecule has 2 heterocycles. The second-order valence-electron chi connectivity index (χ2n) is 22.7. The molecule has 2 amide bonds. The number of ether oxygens (including phenoxy) is 2. The number of carbonyl (C=O) groups excluding carboxylic acids is 2. The Kier molecular flexibility index (Phi) is 21.0. The van der Waals surface area contributed by atoms with E-state index in [-0.39, 0.29) is 59.9 Å². The molecule has 404 valence electrons. The van der Waals surface area contributed by atoms with Crippen molar-refractivity contribution in [1.82, 2.24) is 20.6 Å². The number of amides is 2. The van der Waals surface area contributed by atoms with Gasteiger partial charge in [-0.25, -0.2) is 19.6 Å². The summed E-state index contributed by atoms with van der Waals surface area (Å²) in [5, 5.41) is 12.4. The molecule has 0 spiro atoms. The van der Waals surface area contributed by atoms with E-state index < -0.39 is 35.1 Å². The molecule has 7 rings (SSSR count). The fourth-order valence-electron chi connectivity index (χ4n) is 11.3. The molecule has 0 saturated heterocycles. The number of rotatable bonds is 10. The number of alkyl halides is 6. The minimum absolute atomic E-state index is 0. The van der Waals surface area contributed by atoms with Gasteiger partial charge in [-0.1, -0.05) is 54.4 Å². The quantitative estimate of drug-likeness (QED) is 0.126. The summed E-state index contributed by atoms with van der Waals surface area (Å²) in [5.74, 6) is 3.84. The first-order chi connectivity index (χ1) is 32.6. The number of hydrogen-bond donors (Lipinski definition) is 6. The van der Waals surface area contributed by atoms with Gasteiger partial charge in [0.15, 0.2) is 0 Å². The summed E-state index contributed by atoms with van der Waals surface area (Å²) in [6.45, 7) is 19.2. The van der Waals surface area contributed by atoms with Crippen LogP contribution in [0.15, 0.2) is 36.7 Å². The molecule has 12 nitrogen and oxygen atoms in total. The Hall–Kier alpha value is -3.77. The van der Waals surface area contributed by atoms with Gasteiger partial charge in [-0.3, -0.25) is 0 Å². The van der Waals surface area contributed by atoms with Gasteiger partial charge >= 0.3 is 24.5 Å². The van der Waals surface area contributed by atoms with Gasteiger partial charge in [0.2, 0.25) is 0 Å². The normalized spacial score (nSPS) is 32.9. The zero-order valence-corrected chi connectivity index (χ0v) is 44.1. The molecule has 71 heavy (non-hydrogen) atoms. The van der Waals surface area contributed by atoms with Gasteiger partial charge in [0.05, 0.1) is 28.2 Å². The second-order valence-corrected chi connectivity index (χ2v) is 22.7. The monoisotopic (exact) mass is 1030 g/mol. The number of aromatic nitrogens is 2. The molecule has 5 aliphatic carbocycles. The molecule has 0 bridgehead atoms. The van der Waals surface area contributed by atoms with Crippen LogP contribution in [-0.4, -0.2) is 69.1 Å². The number of alkyl carbamates (subject to hydrolysis) is 2. The first-order valence-corrected chi connectivity index (χ1v) is 25.7. The van der Waals surface area contributed by atoms with Crippen LogP contribution in [0.2, 0.25) is 0 Å². The number of nitrogens with one attached hydrogen (secondary N) is 4. The van der Waals surface area contributed by atoms with Crippen LogP contribution in [0.25, 0.3) is 0 Å². The number of nitrogens with zero attached hydrogens (tertiary/aromatic N) is 2. The van der Waals surface area contributed by atoms with Crippen LogP contribution in [0.4, 0.5) is 47.6 Å². The van der Waals surface area contributed by atoms with Gasteiger partial charge in [-0.15, -0.1) is 12.4 Å². The van der Waals surface area contributed by atoms with E-state index in [0.29, 0.717) is 47.1 Å². The lowest BCUT2D eigenvalue weighted by atomic mass is 9.75. The van der Waals surface area contributed by atoms with Gasteiger partial charge in [0.25, 0.3) is 0 Å². The predicted octanol–water partition coefficient (Wildman–Crippen LogP) is 12.7. The average molecular weight is 1030 g/mol. The average Bonchev–Trinajstić information content (AvgIpc) is 3.90. The molecule has 8 N–H and O–H groups in total. The smallest absolute Gasteiger partial charge is 0.417 e. The Morgan fingerprint density at radius 2 is 1.04 bits per heavy atom. The number of nitrogens with two attached hydrogens (primary N) is 2. The first kappa shape index (κ1) is 59.8. The fourth-order valence-corrected chi connectivity index (χ4v) is 11.3. The van der Waals surface area contributed by atoms with Crippen LogP contribution >= 0.6 is 12.4 Å². The molecule has 2 aromatic heterocycles. The maximum Gasteiger partial charge on any atom is 0.417 e. The van der Waals surface area contributed by atoms with E-state index in [1.807, 2.05) is 20.8 Å². The van der Waals surface area contributed by atoms with Gasteiger partial charge in [-0.2, -0.15) is 26.3 Å². The van der Waals surface area contributed by atoms with Crippen LogP contribution in [0.5, 0.6) is 0 Å². The highest BCUT2D eigenvalue weighted by atomic mass is 35.5. The predicted molar refractivity (Wildman–Crippen MR) is 269 cm³/mol. The summed E-state index contributed by atoms with van der Waals surface area (Å²) >= 11 is 0. The van der Waals surface area contributed by atoms with E-state index in [1.54, 1.807) is 0 Å². The SMILES string of the molecule is CC(C)[C@@H]1CC[C@@H](C)C[C@H]1OC(=O)NC1CCCC1(C)N.CC(C)[C@@H]1CC[C@@H](C)C[C@H]1OC(=O)NC1CCCC1(C)Nc1ccc(C(F)(F)F)cn1.CC1(Nc2ccc(C(F)(F)F)cn2)CCCC1N.Cl. The molecule has 5 fully saturated rings. The van der Waals surface area contributed by atoms with Crippen molar-refractivity contribution in [2.45, 2.75) is 218 Å². The summed E-state index contributed by atoms with van der Waals surface area (Å²) in [6, 6.07) is 4.57. The first-order valence-electron chi connectivity index (χ1n) is 25.7. The van der Waals surface area contributed by atoms with Crippen molar-refractivity contribution >= 4 is 36.2 Å². The third-order valence-electron chi connectivity index (χ3n) is 16.0. The molecule has 5 aliphatic rings. The third kappa shape index (κ3) is 16.9.